The number of aryl methyl sites for hydroxylation is 1. The van der Waals surface area contributed by atoms with E-state index in [1.807, 2.05) is 11.0 Å². The fraction of sp³-hybridized carbons (Fsp3) is 0.250. The lowest BCUT2D eigenvalue weighted by atomic mass is 10.2. The van der Waals surface area contributed by atoms with Gasteiger partial charge in [-0.05, 0) is 18.2 Å². The summed E-state index contributed by atoms with van der Waals surface area (Å²) < 4.78 is 1.50. The highest BCUT2D eigenvalue weighted by molar-refractivity contribution is 6.04. The smallest absolute Gasteiger partial charge is 0.274 e. The molecule has 9 nitrogen and oxygen atoms in total. The molecule has 29 heavy (non-hydrogen) atoms. The zero-order valence-electron chi connectivity index (χ0n) is 16.0. The summed E-state index contributed by atoms with van der Waals surface area (Å²) in [7, 11) is 1.70. The maximum atomic E-state index is 12.9. The zero-order chi connectivity index (χ0) is 20.2. The van der Waals surface area contributed by atoms with Crippen LogP contribution in [0.15, 0.2) is 54.9 Å². The van der Waals surface area contributed by atoms with Crippen LogP contribution in [0.2, 0.25) is 0 Å². The van der Waals surface area contributed by atoms with Gasteiger partial charge in [0.05, 0.1) is 0 Å². The molecule has 148 valence electrons. The molecule has 0 saturated carbocycles. The van der Waals surface area contributed by atoms with Crippen molar-refractivity contribution in [3.05, 3.63) is 66.1 Å². The topological polar surface area (TPSA) is 96.2 Å². The lowest BCUT2D eigenvalue weighted by Crippen LogP contribution is -2.49. The molecule has 0 aliphatic carbocycles. The third-order valence-corrected chi connectivity index (χ3v) is 4.78. The number of anilines is 2. The molecule has 1 saturated heterocycles. The van der Waals surface area contributed by atoms with Gasteiger partial charge >= 0.3 is 0 Å². The van der Waals surface area contributed by atoms with Crippen LogP contribution in [-0.2, 0) is 7.05 Å². The van der Waals surface area contributed by atoms with E-state index in [0.29, 0.717) is 49.2 Å². The van der Waals surface area contributed by atoms with Crippen LogP contribution >= 0.6 is 0 Å². The third-order valence-electron chi connectivity index (χ3n) is 4.78. The second-order valence-electron chi connectivity index (χ2n) is 6.69. The number of hydrogen-bond donors (Lipinski definition) is 1. The minimum Gasteiger partial charge on any atom is -0.337 e. The predicted molar refractivity (Wildman–Crippen MR) is 108 cm³/mol. The van der Waals surface area contributed by atoms with Crippen molar-refractivity contribution in [1.82, 2.24) is 24.6 Å². The van der Waals surface area contributed by atoms with E-state index < -0.39 is 0 Å². The van der Waals surface area contributed by atoms with Gasteiger partial charge in [0.15, 0.2) is 5.69 Å². The minimum absolute atomic E-state index is 0.158. The van der Waals surface area contributed by atoms with Crippen LogP contribution in [0.25, 0.3) is 0 Å². The number of aromatic nitrogens is 4. The zero-order valence-corrected chi connectivity index (χ0v) is 16.0. The van der Waals surface area contributed by atoms with Gasteiger partial charge in [-0.1, -0.05) is 18.2 Å². The van der Waals surface area contributed by atoms with Crippen molar-refractivity contribution in [1.29, 1.82) is 0 Å². The second kappa shape index (κ2) is 8.09. The van der Waals surface area contributed by atoms with Crippen molar-refractivity contribution >= 4 is 23.6 Å². The highest BCUT2D eigenvalue weighted by Crippen LogP contribution is 2.15. The molecular weight excluding hydrogens is 370 g/mol. The number of hydrogen-bond acceptors (Lipinski definition) is 6. The number of rotatable bonds is 4. The maximum absolute atomic E-state index is 12.9. The fourth-order valence-corrected chi connectivity index (χ4v) is 3.19. The summed E-state index contributed by atoms with van der Waals surface area (Å²) in [6.45, 7) is 2.42. The Hall–Kier alpha value is -3.75. The van der Waals surface area contributed by atoms with Crippen LogP contribution in [-0.4, -0.2) is 62.6 Å². The predicted octanol–water partition coefficient (Wildman–Crippen LogP) is 1.42. The molecular formula is C20H21N7O2. The molecule has 0 spiro atoms. The standard InChI is InChI=1S/C20H21N7O2/c1-25-17(23-18(28)15-6-3-2-4-7-15)14-16(24-25)19(29)26-10-12-27(13-11-26)20-21-8-5-9-22-20/h2-9,14H,10-13H2,1H3,(H,23,28). The molecule has 0 unspecified atom stereocenters. The molecule has 1 aliphatic heterocycles. The number of nitrogens with zero attached hydrogens (tertiary/aromatic N) is 6. The fourth-order valence-electron chi connectivity index (χ4n) is 3.19. The first-order valence-electron chi connectivity index (χ1n) is 9.33. The largest absolute Gasteiger partial charge is 0.337 e. The molecule has 1 fully saturated rings. The van der Waals surface area contributed by atoms with Crippen LogP contribution in [0.4, 0.5) is 11.8 Å². The third kappa shape index (κ3) is 4.08. The first-order chi connectivity index (χ1) is 14.1. The van der Waals surface area contributed by atoms with E-state index in [1.54, 1.807) is 60.7 Å². The summed E-state index contributed by atoms with van der Waals surface area (Å²) in [4.78, 5) is 37.5. The number of carbonyl (C=O) groups is 2. The Morgan fingerprint density at radius 1 is 0.966 bits per heavy atom. The first-order valence-corrected chi connectivity index (χ1v) is 9.33. The van der Waals surface area contributed by atoms with Gasteiger partial charge < -0.3 is 15.1 Å². The Bertz CT molecular complexity index is 996. The van der Waals surface area contributed by atoms with E-state index in [2.05, 4.69) is 20.4 Å². The van der Waals surface area contributed by atoms with E-state index in [1.165, 1.54) is 4.68 Å². The Kier molecular flexibility index (Phi) is 5.19. The Labute approximate surface area is 168 Å². The number of amides is 2. The maximum Gasteiger partial charge on any atom is 0.274 e. The molecule has 2 aromatic heterocycles. The van der Waals surface area contributed by atoms with Crippen molar-refractivity contribution in [2.24, 2.45) is 7.05 Å². The van der Waals surface area contributed by atoms with Gasteiger partial charge in [0.2, 0.25) is 5.95 Å². The van der Waals surface area contributed by atoms with E-state index in [0.717, 1.165) is 0 Å². The summed E-state index contributed by atoms with van der Waals surface area (Å²) in [5.41, 5.74) is 0.848. The van der Waals surface area contributed by atoms with Gasteiger partial charge in [0.1, 0.15) is 5.82 Å². The summed E-state index contributed by atoms with van der Waals surface area (Å²) in [6.07, 6.45) is 3.41. The van der Waals surface area contributed by atoms with Crippen molar-refractivity contribution < 1.29 is 9.59 Å². The first kappa shape index (κ1) is 18.6. The molecule has 1 aliphatic rings. The average molecular weight is 391 g/mol. The minimum atomic E-state index is -0.246. The van der Waals surface area contributed by atoms with Crippen molar-refractivity contribution in [2.45, 2.75) is 0 Å². The van der Waals surface area contributed by atoms with Gasteiger partial charge in [0, 0.05) is 57.3 Å². The molecule has 3 heterocycles. The van der Waals surface area contributed by atoms with Gasteiger partial charge in [0.25, 0.3) is 11.8 Å². The van der Waals surface area contributed by atoms with Crippen molar-refractivity contribution in [3.8, 4) is 0 Å². The van der Waals surface area contributed by atoms with Crippen molar-refractivity contribution in [2.75, 3.05) is 36.4 Å². The summed E-state index contributed by atoms with van der Waals surface area (Å²) >= 11 is 0. The molecule has 9 heteroatoms. The highest BCUT2D eigenvalue weighted by Gasteiger charge is 2.25. The van der Waals surface area contributed by atoms with Crippen LogP contribution in [0, 0.1) is 0 Å². The van der Waals surface area contributed by atoms with E-state index in [4.69, 9.17) is 0 Å². The number of carbonyl (C=O) groups excluding carboxylic acids is 2. The summed E-state index contributed by atoms with van der Waals surface area (Å²) in [6, 6.07) is 12.3. The number of piperazine rings is 1. The quantitative estimate of drug-likeness (QED) is 0.723. The molecule has 3 aromatic rings. The summed E-state index contributed by atoms with van der Waals surface area (Å²) in [5.74, 6) is 0.736. The normalized spacial score (nSPS) is 14.0. The molecule has 4 rings (SSSR count). The Morgan fingerprint density at radius 3 is 2.34 bits per heavy atom. The van der Waals surface area contributed by atoms with Crippen LogP contribution in [0.3, 0.4) is 0 Å². The number of benzene rings is 1. The highest BCUT2D eigenvalue weighted by atomic mass is 16.2. The van der Waals surface area contributed by atoms with Crippen molar-refractivity contribution in [3.63, 3.8) is 0 Å². The average Bonchev–Trinajstić information content (AvgIpc) is 3.14. The van der Waals surface area contributed by atoms with Crippen LogP contribution in [0.5, 0.6) is 0 Å². The van der Waals surface area contributed by atoms with Gasteiger partial charge in [-0.3, -0.25) is 14.3 Å². The van der Waals surface area contributed by atoms with Gasteiger partial charge in [-0.25, -0.2) is 9.97 Å². The Balaban J connectivity index is 1.40. The van der Waals surface area contributed by atoms with E-state index in [-0.39, 0.29) is 11.8 Å². The van der Waals surface area contributed by atoms with Gasteiger partial charge in [-0.15, -0.1) is 0 Å². The molecule has 0 bridgehead atoms. The molecule has 1 N–H and O–H groups in total. The SMILES string of the molecule is Cn1nc(C(=O)N2CCN(c3ncccn3)CC2)cc1NC(=O)c1ccccc1. The Morgan fingerprint density at radius 2 is 1.66 bits per heavy atom. The van der Waals surface area contributed by atoms with E-state index in [9.17, 15) is 9.59 Å². The molecule has 0 atom stereocenters. The summed E-state index contributed by atoms with van der Waals surface area (Å²) in [5, 5.41) is 7.08. The van der Waals surface area contributed by atoms with E-state index >= 15 is 0 Å². The molecule has 0 radical (unpaired) electrons. The van der Waals surface area contributed by atoms with Crippen LogP contribution < -0.4 is 10.2 Å². The molecule has 2 amide bonds. The van der Waals surface area contributed by atoms with Gasteiger partial charge in [-0.2, -0.15) is 5.10 Å². The molecule has 1 aromatic carbocycles. The number of nitrogens with one attached hydrogen (secondary N) is 1. The second-order valence-corrected chi connectivity index (χ2v) is 6.69. The van der Waals surface area contributed by atoms with Crippen LogP contribution in [0.1, 0.15) is 20.8 Å². The lowest BCUT2D eigenvalue weighted by molar-refractivity contribution is 0.0739. The lowest BCUT2D eigenvalue weighted by Gasteiger charge is -2.34. The monoisotopic (exact) mass is 391 g/mol.